The molecule has 5 rings (SSSR count). The summed E-state index contributed by atoms with van der Waals surface area (Å²) in [6, 6.07) is 19.5. The quantitative estimate of drug-likeness (QED) is 0.224. The van der Waals surface area contributed by atoms with E-state index < -0.39 is 6.10 Å². The molecule has 0 saturated carbocycles. The molecule has 1 N–H and O–H groups in total. The summed E-state index contributed by atoms with van der Waals surface area (Å²) in [4.78, 5) is 11.6. The second kappa shape index (κ2) is 10.3. The Kier molecular flexibility index (Phi) is 6.76. The van der Waals surface area contributed by atoms with Crippen LogP contribution in [0.5, 0.6) is 17.2 Å². The van der Waals surface area contributed by atoms with Crippen molar-refractivity contribution in [3.8, 4) is 40.8 Å². The van der Waals surface area contributed by atoms with Gasteiger partial charge in [0, 0.05) is 39.7 Å². The zero-order valence-electron chi connectivity index (χ0n) is 21.4. The van der Waals surface area contributed by atoms with Crippen molar-refractivity contribution in [3.05, 3.63) is 77.4 Å². The molecule has 4 aromatic rings. The fourth-order valence-electron chi connectivity index (χ4n) is 4.49. The number of oxime groups is 1. The van der Waals surface area contributed by atoms with Crippen molar-refractivity contribution in [2.75, 3.05) is 41.5 Å². The summed E-state index contributed by atoms with van der Waals surface area (Å²) in [5.41, 5.74) is 6.14. The molecule has 7 nitrogen and oxygen atoms in total. The van der Waals surface area contributed by atoms with Crippen molar-refractivity contribution in [1.82, 2.24) is 9.88 Å². The summed E-state index contributed by atoms with van der Waals surface area (Å²) >= 11 is 0. The minimum atomic E-state index is -0.628. The average Bonchev–Trinajstić information content (AvgIpc) is 3.43. The number of terminal acetylenes is 1. The SMILES string of the molecule is C#C[C@@H](ON=C1c2cc(OC)c(OC)cc2-c2[nH]c3ccc(OCCN(C)C)cc3c21)c1ccccc1. The van der Waals surface area contributed by atoms with E-state index in [1.807, 2.05) is 74.8 Å². The maximum atomic E-state index is 6.02. The van der Waals surface area contributed by atoms with Crippen LogP contribution in [0.1, 0.15) is 22.8 Å². The van der Waals surface area contributed by atoms with Crippen LogP contribution in [0.2, 0.25) is 0 Å². The molecule has 7 heteroatoms. The number of benzene rings is 3. The van der Waals surface area contributed by atoms with Crippen LogP contribution in [0.25, 0.3) is 22.2 Å². The molecule has 0 fully saturated rings. The van der Waals surface area contributed by atoms with Crippen LogP contribution in [0.3, 0.4) is 0 Å². The summed E-state index contributed by atoms with van der Waals surface area (Å²) in [7, 11) is 7.28. The zero-order chi connectivity index (χ0) is 25.9. The molecular formula is C30H29N3O4. The number of nitrogens with one attached hydrogen (secondary N) is 1. The van der Waals surface area contributed by atoms with Gasteiger partial charge in [0.25, 0.3) is 0 Å². The Balaban J connectivity index is 1.62. The van der Waals surface area contributed by atoms with Crippen molar-refractivity contribution in [2.24, 2.45) is 5.16 Å². The van der Waals surface area contributed by atoms with Gasteiger partial charge in [-0.25, -0.2) is 0 Å². The van der Waals surface area contributed by atoms with Gasteiger partial charge in [-0.05, 0) is 44.4 Å². The summed E-state index contributed by atoms with van der Waals surface area (Å²) in [5.74, 6) is 4.72. The van der Waals surface area contributed by atoms with E-state index in [4.69, 9.17) is 25.5 Å². The minimum Gasteiger partial charge on any atom is -0.493 e. The third-order valence-electron chi connectivity index (χ3n) is 6.37. The number of aromatic amines is 1. The lowest BCUT2D eigenvalue weighted by Gasteiger charge is -2.13. The van der Waals surface area contributed by atoms with Crippen LogP contribution < -0.4 is 14.2 Å². The van der Waals surface area contributed by atoms with E-state index >= 15 is 0 Å². The fraction of sp³-hybridized carbons (Fsp3) is 0.233. The predicted octanol–water partition coefficient (Wildman–Crippen LogP) is 5.25. The summed E-state index contributed by atoms with van der Waals surface area (Å²) in [5, 5.41) is 5.61. The predicted molar refractivity (Wildman–Crippen MR) is 146 cm³/mol. The normalized spacial score (nSPS) is 13.8. The summed E-state index contributed by atoms with van der Waals surface area (Å²) in [6.45, 7) is 1.41. The maximum absolute atomic E-state index is 6.02. The van der Waals surface area contributed by atoms with Crippen LogP contribution in [-0.2, 0) is 4.84 Å². The molecule has 1 aliphatic carbocycles. The Morgan fingerprint density at radius 1 is 0.973 bits per heavy atom. The van der Waals surface area contributed by atoms with E-state index in [1.54, 1.807) is 14.2 Å². The first kappa shape index (κ1) is 24.3. The Bertz CT molecular complexity index is 1500. The van der Waals surface area contributed by atoms with Gasteiger partial charge in [-0.1, -0.05) is 41.4 Å². The lowest BCUT2D eigenvalue weighted by Crippen LogP contribution is -2.19. The van der Waals surface area contributed by atoms with Gasteiger partial charge in [0.1, 0.15) is 18.1 Å². The van der Waals surface area contributed by atoms with Crippen molar-refractivity contribution in [3.63, 3.8) is 0 Å². The summed E-state index contributed by atoms with van der Waals surface area (Å²) < 4.78 is 17.2. The third kappa shape index (κ3) is 4.59. The van der Waals surface area contributed by atoms with Crippen molar-refractivity contribution >= 4 is 16.6 Å². The van der Waals surface area contributed by atoms with Gasteiger partial charge in [0.05, 0.1) is 19.9 Å². The molecule has 188 valence electrons. The molecule has 0 radical (unpaired) electrons. The number of likely N-dealkylation sites (N-methyl/N-ethyl adjacent to an activating group) is 1. The number of ether oxygens (including phenoxy) is 3. The lowest BCUT2D eigenvalue weighted by atomic mass is 10.1. The first-order valence-electron chi connectivity index (χ1n) is 12.0. The number of methoxy groups -OCH3 is 2. The molecule has 37 heavy (non-hydrogen) atoms. The van der Waals surface area contributed by atoms with Gasteiger partial charge >= 0.3 is 0 Å². The largest absolute Gasteiger partial charge is 0.493 e. The molecular weight excluding hydrogens is 466 g/mol. The molecule has 1 aliphatic rings. The zero-order valence-corrected chi connectivity index (χ0v) is 21.4. The van der Waals surface area contributed by atoms with Crippen LogP contribution in [-0.4, -0.2) is 57.1 Å². The van der Waals surface area contributed by atoms with Crippen LogP contribution in [0.15, 0.2) is 65.8 Å². The fourth-order valence-corrected chi connectivity index (χ4v) is 4.49. The Morgan fingerprint density at radius 3 is 2.38 bits per heavy atom. The first-order chi connectivity index (χ1) is 18.0. The van der Waals surface area contributed by atoms with Gasteiger partial charge in [-0.3, -0.25) is 0 Å². The maximum Gasteiger partial charge on any atom is 0.212 e. The van der Waals surface area contributed by atoms with Crippen LogP contribution in [0, 0.1) is 12.3 Å². The standard InChI is InChI=1S/C30H29N3O4/c1-6-25(19-10-8-7-9-11-19)37-32-30-22-18-27(35-5)26(34-4)17-21(22)29-28(30)23-16-20(12-13-24(23)31-29)36-15-14-33(2)3/h1,7-13,16-18,25,31H,14-15H2,2-5H3/t25-/m1/s1. The summed E-state index contributed by atoms with van der Waals surface area (Å²) in [6.07, 6.45) is 5.19. The van der Waals surface area contributed by atoms with E-state index in [2.05, 4.69) is 21.0 Å². The number of fused-ring (bicyclic) bond motifs is 5. The number of hydrogen-bond donors (Lipinski definition) is 1. The second-order valence-electron chi connectivity index (χ2n) is 8.99. The van der Waals surface area contributed by atoms with Gasteiger partial charge in [-0.15, -0.1) is 6.42 Å². The van der Waals surface area contributed by atoms with Crippen molar-refractivity contribution < 1.29 is 19.0 Å². The second-order valence-corrected chi connectivity index (χ2v) is 8.99. The molecule has 0 spiro atoms. The Morgan fingerprint density at radius 2 is 1.70 bits per heavy atom. The number of aromatic nitrogens is 1. The number of nitrogens with zero attached hydrogens (tertiary/aromatic N) is 2. The van der Waals surface area contributed by atoms with Gasteiger partial charge in [-0.2, -0.15) is 0 Å². The Labute approximate surface area is 216 Å². The number of rotatable bonds is 9. The van der Waals surface area contributed by atoms with E-state index in [-0.39, 0.29) is 0 Å². The van der Waals surface area contributed by atoms with Crippen molar-refractivity contribution in [2.45, 2.75) is 6.10 Å². The molecule has 0 bridgehead atoms. The molecule has 0 unspecified atom stereocenters. The van der Waals surface area contributed by atoms with Crippen molar-refractivity contribution in [1.29, 1.82) is 0 Å². The highest BCUT2D eigenvalue weighted by molar-refractivity contribution is 6.30. The Hall–Kier alpha value is -4.41. The van der Waals surface area contributed by atoms with Gasteiger partial charge in [0.2, 0.25) is 6.10 Å². The highest BCUT2D eigenvalue weighted by Gasteiger charge is 2.32. The van der Waals surface area contributed by atoms with Crippen LogP contribution in [0.4, 0.5) is 0 Å². The monoisotopic (exact) mass is 495 g/mol. The van der Waals surface area contributed by atoms with E-state index in [1.165, 1.54) is 0 Å². The molecule has 0 amide bonds. The first-order valence-corrected chi connectivity index (χ1v) is 12.0. The molecule has 1 heterocycles. The van der Waals surface area contributed by atoms with Gasteiger partial charge in [0.15, 0.2) is 11.5 Å². The van der Waals surface area contributed by atoms with Gasteiger partial charge < -0.3 is 28.9 Å². The van der Waals surface area contributed by atoms with E-state index in [0.717, 1.165) is 51.1 Å². The highest BCUT2D eigenvalue weighted by Crippen LogP contribution is 2.46. The molecule has 1 atom stereocenters. The number of H-pyrrole nitrogens is 1. The highest BCUT2D eigenvalue weighted by atomic mass is 16.6. The van der Waals surface area contributed by atoms with E-state index in [0.29, 0.717) is 23.8 Å². The topological polar surface area (TPSA) is 68.3 Å². The molecule has 0 saturated heterocycles. The van der Waals surface area contributed by atoms with Crippen LogP contribution >= 0.6 is 0 Å². The molecule has 0 aliphatic heterocycles. The third-order valence-corrected chi connectivity index (χ3v) is 6.37. The average molecular weight is 496 g/mol. The lowest BCUT2D eigenvalue weighted by molar-refractivity contribution is 0.100. The molecule has 1 aromatic heterocycles. The number of hydrogen-bond acceptors (Lipinski definition) is 6. The molecule has 3 aromatic carbocycles. The minimum absolute atomic E-state index is 0.588. The van der Waals surface area contributed by atoms with E-state index in [9.17, 15) is 0 Å². The smallest absolute Gasteiger partial charge is 0.212 e.